The van der Waals surface area contributed by atoms with Gasteiger partial charge in [0.25, 0.3) is 0 Å². The summed E-state index contributed by atoms with van der Waals surface area (Å²) in [6.07, 6.45) is 5.23. The number of dihydropyridines is 1. The summed E-state index contributed by atoms with van der Waals surface area (Å²) >= 11 is 6.29. The maximum atomic E-state index is 11.2. The van der Waals surface area contributed by atoms with Crippen LogP contribution in [0.5, 0.6) is 0 Å². The number of pyridine rings is 1. The van der Waals surface area contributed by atoms with Crippen LogP contribution in [0.3, 0.4) is 0 Å². The first-order chi connectivity index (χ1) is 11.8. The van der Waals surface area contributed by atoms with Gasteiger partial charge in [-0.25, -0.2) is 4.98 Å². The van der Waals surface area contributed by atoms with Crippen LogP contribution in [0, 0.1) is 0 Å². The molecule has 0 radical (unpaired) electrons. The minimum Gasteiger partial charge on any atom is -0.368 e. The van der Waals surface area contributed by atoms with Gasteiger partial charge in [0.1, 0.15) is 5.82 Å². The van der Waals surface area contributed by atoms with Crippen LogP contribution in [0.4, 0.5) is 5.82 Å². The third kappa shape index (κ3) is 4.07. The molecule has 2 heterocycles. The lowest BCUT2D eigenvalue weighted by Crippen LogP contribution is -2.41. The molecule has 1 aliphatic heterocycles. The summed E-state index contributed by atoms with van der Waals surface area (Å²) in [5.41, 5.74) is 1.89. The second kappa shape index (κ2) is 6.70. The zero-order valence-electron chi connectivity index (χ0n) is 13.9. The van der Waals surface area contributed by atoms with Gasteiger partial charge in [0.05, 0.1) is 0 Å². The molecule has 1 aliphatic rings. The number of anilines is 1. The fraction of sp³-hybridized carbons (Fsp3) is 0.158. The van der Waals surface area contributed by atoms with Crippen molar-refractivity contribution in [1.29, 1.82) is 0 Å². The summed E-state index contributed by atoms with van der Waals surface area (Å²) in [6.45, 7) is 3.09. The van der Waals surface area contributed by atoms with Crippen molar-refractivity contribution in [1.82, 2.24) is 10.3 Å². The Hall–Kier alpha value is -2.63. The zero-order valence-corrected chi connectivity index (χ0v) is 14.6. The van der Waals surface area contributed by atoms with Gasteiger partial charge >= 0.3 is 0 Å². The number of benzene rings is 1. The summed E-state index contributed by atoms with van der Waals surface area (Å²) in [4.78, 5) is 15.4. The van der Waals surface area contributed by atoms with E-state index in [1.165, 1.54) is 6.92 Å². The van der Waals surface area contributed by atoms with E-state index in [4.69, 9.17) is 11.6 Å². The van der Waals surface area contributed by atoms with Gasteiger partial charge in [0.15, 0.2) is 5.72 Å². The van der Waals surface area contributed by atoms with E-state index in [1.54, 1.807) is 31.3 Å². The quantitative estimate of drug-likeness (QED) is 0.788. The highest BCUT2D eigenvalue weighted by molar-refractivity contribution is 6.32. The largest absolute Gasteiger partial charge is 0.368 e. The number of aromatic nitrogens is 1. The maximum Gasteiger partial charge on any atom is 0.222 e. The number of carbonyl (C=O) groups is 1. The van der Waals surface area contributed by atoms with Crippen LogP contribution in [-0.2, 0) is 4.79 Å². The van der Waals surface area contributed by atoms with Gasteiger partial charge in [0.2, 0.25) is 5.91 Å². The summed E-state index contributed by atoms with van der Waals surface area (Å²) in [5, 5.41) is 16.9. The van der Waals surface area contributed by atoms with E-state index in [1.807, 2.05) is 30.3 Å². The Balaban J connectivity index is 2.04. The average molecular weight is 356 g/mol. The molecule has 0 aliphatic carbocycles. The van der Waals surface area contributed by atoms with Crippen molar-refractivity contribution in [3.8, 4) is 0 Å². The second-order valence-electron chi connectivity index (χ2n) is 6.02. The molecule has 0 saturated carbocycles. The van der Waals surface area contributed by atoms with Crippen molar-refractivity contribution in [3.05, 3.63) is 70.9 Å². The van der Waals surface area contributed by atoms with Crippen molar-refractivity contribution in [3.63, 3.8) is 0 Å². The van der Waals surface area contributed by atoms with Gasteiger partial charge in [0, 0.05) is 29.4 Å². The number of hydrogen-bond acceptors (Lipinski definition) is 4. The molecule has 1 unspecified atom stereocenters. The van der Waals surface area contributed by atoms with Crippen LogP contribution in [-0.4, -0.2) is 21.7 Å². The molecule has 0 saturated heterocycles. The minimum absolute atomic E-state index is 0.191. The third-order valence-corrected chi connectivity index (χ3v) is 4.02. The highest BCUT2D eigenvalue weighted by Gasteiger charge is 2.25. The highest BCUT2D eigenvalue weighted by atomic mass is 35.5. The standard InChI is InChI=1S/C19H18ClN3O2/c1-12(24)22-18-10-13(7-8-21-18)14-9-17(23-19(2,25)11-14)15-5-3-4-6-16(15)20/h3-11,23,25H,1-2H3,(H,21,22,24). The van der Waals surface area contributed by atoms with E-state index in [0.717, 1.165) is 16.7 Å². The third-order valence-electron chi connectivity index (χ3n) is 3.69. The van der Waals surface area contributed by atoms with E-state index >= 15 is 0 Å². The van der Waals surface area contributed by atoms with Crippen molar-refractivity contribution < 1.29 is 9.90 Å². The molecular weight excluding hydrogens is 338 g/mol. The molecule has 1 amide bonds. The summed E-state index contributed by atoms with van der Waals surface area (Å²) in [6, 6.07) is 11.0. The normalized spacial score (nSPS) is 19.5. The first-order valence-corrected chi connectivity index (χ1v) is 8.16. The number of carbonyl (C=O) groups excluding carboxylic acids is 1. The Labute approximate surface area is 151 Å². The Kier molecular flexibility index (Phi) is 4.61. The number of aliphatic hydroxyl groups is 1. The van der Waals surface area contributed by atoms with Crippen molar-refractivity contribution in [2.24, 2.45) is 0 Å². The first kappa shape index (κ1) is 17.2. The molecule has 1 aromatic carbocycles. The van der Waals surface area contributed by atoms with E-state index in [0.29, 0.717) is 16.5 Å². The predicted molar refractivity (Wildman–Crippen MR) is 99.7 cm³/mol. The van der Waals surface area contributed by atoms with Crippen LogP contribution in [0.1, 0.15) is 25.0 Å². The van der Waals surface area contributed by atoms with E-state index < -0.39 is 5.72 Å². The Bertz CT molecular complexity index is 888. The lowest BCUT2D eigenvalue weighted by molar-refractivity contribution is -0.114. The average Bonchev–Trinajstić information content (AvgIpc) is 2.53. The van der Waals surface area contributed by atoms with Crippen LogP contribution < -0.4 is 10.6 Å². The van der Waals surface area contributed by atoms with E-state index in [2.05, 4.69) is 15.6 Å². The van der Waals surface area contributed by atoms with Gasteiger partial charge in [-0.1, -0.05) is 29.8 Å². The topological polar surface area (TPSA) is 74.2 Å². The Morgan fingerprint density at radius 2 is 2.08 bits per heavy atom. The summed E-state index contributed by atoms with van der Waals surface area (Å²) in [7, 11) is 0. The molecule has 5 nitrogen and oxygen atoms in total. The Morgan fingerprint density at radius 3 is 2.80 bits per heavy atom. The molecule has 1 aromatic heterocycles. The fourth-order valence-corrected chi connectivity index (χ4v) is 2.93. The molecule has 3 N–H and O–H groups in total. The number of halogens is 1. The van der Waals surface area contributed by atoms with Crippen LogP contribution in [0.2, 0.25) is 5.02 Å². The number of amides is 1. The molecule has 3 rings (SSSR count). The second-order valence-corrected chi connectivity index (χ2v) is 6.43. The Morgan fingerprint density at radius 1 is 1.32 bits per heavy atom. The van der Waals surface area contributed by atoms with Crippen LogP contribution >= 0.6 is 11.6 Å². The number of allylic oxidation sites excluding steroid dienone is 2. The molecule has 1 atom stereocenters. The van der Waals surface area contributed by atoms with Crippen molar-refractivity contribution >= 4 is 34.6 Å². The van der Waals surface area contributed by atoms with Gasteiger partial charge in [-0.05, 0) is 48.4 Å². The molecular formula is C19H18ClN3O2. The predicted octanol–water partition coefficient (Wildman–Crippen LogP) is 3.43. The molecule has 0 spiro atoms. The van der Waals surface area contributed by atoms with Crippen LogP contribution in [0.15, 0.2) is 54.7 Å². The first-order valence-electron chi connectivity index (χ1n) is 7.78. The smallest absolute Gasteiger partial charge is 0.222 e. The number of nitrogens with one attached hydrogen (secondary N) is 2. The van der Waals surface area contributed by atoms with Gasteiger partial charge in [-0.15, -0.1) is 0 Å². The van der Waals surface area contributed by atoms with Crippen molar-refractivity contribution in [2.75, 3.05) is 5.32 Å². The molecule has 6 heteroatoms. The van der Waals surface area contributed by atoms with Gasteiger partial charge in [-0.3, -0.25) is 4.79 Å². The van der Waals surface area contributed by atoms with Gasteiger partial charge < -0.3 is 15.7 Å². The van der Waals surface area contributed by atoms with E-state index in [9.17, 15) is 9.90 Å². The minimum atomic E-state index is -1.24. The molecule has 0 bridgehead atoms. The molecule has 25 heavy (non-hydrogen) atoms. The molecule has 128 valence electrons. The van der Waals surface area contributed by atoms with Crippen molar-refractivity contribution in [2.45, 2.75) is 19.6 Å². The molecule has 2 aromatic rings. The maximum absolute atomic E-state index is 11.2. The molecule has 0 fully saturated rings. The van der Waals surface area contributed by atoms with Crippen LogP contribution in [0.25, 0.3) is 11.3 Å². The summed E-state index contributed by atoms with van der Waals surface area (Å²) < 4.78 is 0. The number of nitrogens with zero attached hydrogens (tertiary/aromatic N) is 1. The zero-order chi connectivity index (χ0) is 18.0. The SMILES string of the molecule is CC(=O)Nc1cc(C2=CC(C)(O)NC(c3ccccc3Cl)=C2)ccn1. The summed E-state index contributed by atoms with van der Waals surface area (Å²) in [5.74, 6) is 0.264. The van der Waals surface area contributed by atoms with E-state index in [-0.39, 0.29) is 5.91 Å². The lowest BCUT2D eigenvalue weighted by Gasteiger charge is -2.30. The monoisotopic (exact) mass is 355 g/mol. The number of hydrogen-bond donors (Lipinski definition) is 3. The fourth-order valence-electron chi connectivity index (χ4n) is 2.69. The highest BCUT2D eigenvalue weighted by Crippen LogP contribution is 2.32. The van der Waals surface area contributed by atoms with Gasteiger partial charge in [-0.2, -0.15) is 0 Å². The number of rotatable bonds is 3. The lowest BCUT2D eigenvalue weighted by atomic mass is 9.96.